The van der Waals surface area contributed by atoms with Crippen molar-refractivity contribution in [3.63, 3.8) is 0 Å². The van der Waals surface area contributed by atoms with Gasteiger partial charge in [0.2, 0.25) is 0 Å². The molecule has 0 aliphatic carbocycles. The second-order valence-electron chi connectivity index (χ2n) is 4.25. The molecule has 0 heterocycles. The summed E-state index contributed by atoms with van der Waals surface area (Å²) >= 11 is 0. The molecule has 0 fully saturated rings. The Hall–Kier alpha value is -2.03. The third-order valence-electron chi connectivity index (χ3n) is 2.86. The molecule has 0 amide bonds. The SMILES string of the molecule is Cc1cc(C(=O)c2cc(F)ccc2C)ccc1F. The first-order valence-corrected chi connectivity index (χ1v) is 5.56. The van der Waals surface area contributed by atoms with Crippen molar-refractivity contribution in [2.24, 2.45) is 0 Å². The average Bonchev–Trinajstić information content (AvgIpc) is 2.35. The topological polar surface area (TPSA) is 17.1 Å². The monoisotopic (exact) mass is 246 g/mol. The van der Waals surface area contributed by atoms with E-state index >= 15 is 0 Å². The maximum atomic E-state index is 13.2. The van der Waals surface area contributed by atoms with Crippen LogP contribution in [0, 0.1) is 25.5 Å². The van der Waals surface area contributed by atoms with Crippen LogP contribution in [0.1, 0.15) is 27.0 Å². The van der Waals surface area contributed by atoms with E-state index in [9.17, 15) is 13.6 Å². The van der Waals surface area contributed by atoms with Gasteiger partial charge in [-0.3, -0.25) is 4.79 Å². The number of carbonyl (C=O) groups is 1. The molecule has 2 aromatic carbocycles. The van der Waals surface area contributed by atoms with Gasteiger partial charge in [-0.2, -0.15) is 0 Å². The van der Waals surface area contributed by atoms with E-state index in [-0.39, 0.29) is 11.6 Å². The summed E-state index contributed by atoms with van der Waals surface area (Å²) in [4.78, 5) is 12.2. The van der Waals surface area contributed by atoms with Crippen LogP contribution < -0.4 is 0 Å². The Kier molecular flexibility index (Phi) is 3.24. The summed E-state index contributed by atoms with van der Waals surface area (Å²) in [6.45, 7) is 3.33. The van der Waals surface area contributed by atoms with Crippen LogP contribution in [0.4, 0.5) is 8.78 Å². The predicted molar refractivity (Wildman–Crippen MR) is 65.7 cm³/mol. The molecule has 0 aliphatic heterocycles. The van der Waals surface area contributed by atoms with Gasteiger partial charge in [-0.25, -0.2) is 8.78 Å². The van der Waals surface area contributed by atoms with E-state index in [1.165, 1.54) is 30.3 Å². The molecule has 0 spiro atoms. The molecule has 1 nitrogen and oxygen atoms in total. The number of aryl methyl sites for hydroxylation is 2. The van der Waals surface area contributed by atoms with Crippen LogP contribution in [0.3, 0.4) is 0 Å². The quantitative estimate of drug-likeness (QED) is 0.736. The van der Waals surface area contributed by atoms with E-state index in [4.69, 9.17) is 0 Å². The average molecular weight is 246 g/mol. The molecule has 2 rings (SSSR count). The van der Waals surface area contributed by atoms with Crippen molar-refractivity contribution in [2.75, 3.05) is 0 Å². The van der Waals surface area contributed by atoms with Crippen LogP contribution >= 0.6 is 0 Å². The fourth-order valence-electron chi connectivity index (χ4n) is 1.78. The lowest BCUT2D eigenvalue weighted by molar-refractivity contribution is 0.103. The minimum Gasteiger partial charge on any atom is -0.289 e. The van der Waals surface area contributed by atoms with Gasteiger partial charge in [0.15, 0.2) is 5.78 Å². The first-order valence-electron chi connectivity index (χ1n) is 5.56. The fraction of sp³-hybridized carbons (Fsp3) is 0.133. The molecule has 0 aromatic heterocycles. The van der Waals surface area contributed by atoms with Gasteiger partial charge in [-0.05, 0) is 55.3 Å². The summed E-state index contributed by atoms with van der Waals surface area (Å²) in [6, 6.07) is 8.20. The van der Waals surface area contributed by atoms with Crippen LogP contribution in [0.25, 0.3) is 0 Å². The lowest BCUT2D eigenvalue weighted by Crippen LogP contribution is -2.05. The van der Waals surface area contributed by atoms with Crippen LogP contribution in [0.5, 0.6) is 0 Å². The van der Waals surface area contributed by atoms with Crippen molar-refractivity contribution < 1.29 is 13.6 Å². The number of halogens is 2. The first-order chi connectivity index (χ1) is 8.49. The smallest absolute Gasteiger partial charge is 0.193 e. The summed E-state index contributed by atoms with van der Waals surface area (Å²) < 4.78 is 26.3. The largest absolute Gasteiger partial charge is 0.289 e. The summed E-state index contributed by atoms with van der Waals surface area (Å²) in [5.74, 6) is -1.11. The highest BCUT2D eigenvalue weighted by Crippen LogP contribution is 2.17. The Balaban J connectivity index is 2.47. The van der Waals surface area contributed by atoms with Gasteiger partial charge in [-0.1, -0.05) is 6.07 Å². The number of carbonyl (C=O) groups excluding carboxylic acids is 1. The number of ketones is 1. The minimum absolute atomic E-state index is 0.296. The highest BCUT2D eigenvalue weighted by molar-refractivity contribution is 6.09. The molecule has 0 saturated heterocycles. The highest BCUT2D eigenvalue weighted by Gasteiger charge is 2.13. The van der Waals surface area contributed by atoms with E-state index in [0.717, 1.165) is 0 Å². The number of rotatable bonds is 2. The van der Waals surface area contributed by atoms with E-state index < -0.39 is 5.82 Å². The van der Waals surface area contributed by atoms with Crippen molar-refractivity contribution in [3.8, 4) is 0 Å². The molecule has 0 N–H and O–H groups in total. The molecule has 18 heavy (non-hydrogen) atoms. The Morgan fingerprint density at radius 1 is 0.944 bits per heavy atom. The van der Waals surface area contributed by atoms with Crippen molar-refractivity contribution in [3.05, 3.63) is 70.3 Å². The minimum atomic E-state index is -0.456. The zero-order chi connectivity index (χ0) is 13.3. The number of benzene rings is 2. The number of hydrogen-bond donors (Lipinski definition) is 0. The van der Waals surface area contributed by atoms with Crippen molar-refractivity contribution in [1.82, 2.24) is 0 Å². The second kappa shape index (κ2) is 4.69. The summed E-state index contributed by atoms with van der Waals surface area (Å²) in [6.07, 6.45) is 0. The van der Waals surface area contributed by atoms with Gasteiger partial charge in [0.25, 0.3) is 0 Å². The molecule has 0 aliphatic rings. The van der Waals surface area contributed by atoms with Crippen LogP contribution in [0.15, 0.2) is 36.4 Å². The third kappa shape index (κ3) is 2.30. The first kappa shape index (κ1) is 12.4. The Morgan fingerprint density at radius 3 is 2.33 bits per heavy atom. The summed E-state index contributed by atoms with van der Waals surface area (Å²) in [7, 11) is 0. The van der Waals surface area contributed by atoms with Gasteiger partial charge in [0.1, 0.15) is 11.6 Å². The molecule has 3 heteroatoms. The maximum absolute atomic E-state index is 13.2. The molecular weight excluding hydrogens is 234 g/mol. The van der Waals surface area contributed by atoms with Crippen molar-refractivity contribution in [1.29, 1.82) is 0 Å². The molecule has 0 atom stereocenters. The van der Waals surface area contributed by atoms with Crippen molar-refractivity contribution in [2.45, 2.75) is 13.8 Å². The van der Waals surface area contributed by atoms with Gasteiger partial charge < -0.3 is 0 Å². The number of hydrogen-bond acceptors (Lipinski definition) is 1. The van der Waals surface area contributed by atoms with Crippen LogP contribution in [-0.4, -0.2) is 5.78 Å². The molecule has 92 valence electrons. The Labute approximate surface area is 104 Å². The predicted octanol–water partition coefficient (Wildman–Crippen LogP) is 3.81. The van der Waals surface area contributed by atoms with E-state index in [1.807, 2.05) is 0 Å². The standard InChI is InChI=1S/C15H12F2O/c1-9-3-5-12(16)8-13(9)15(18)11-4-6-14(17)10(2)7-11/h3-8H,1-2H3. The van der Waals surface area contributed by atoms with Crippen LogP contribution in [0.2, 0.25) is 0 Å². The van der Waals surface area contributed by atoms with Gasteiger partial charge in [0, 0.05) is 11.1 Å². The lowest BCUT2D eigenvalue weighted by atomic mass is 9.98. The van der Waals surface area contributed by atoms with Crippen LogP contribution in [-0.2, 0) is 0 Å². The molecule has 0 saturated carbocycles. The second-order valence-corrected chi connectivity index (χ2v) is 4.25. The van der Waals surface area contributed by atoms with E-state index in [2.05, 4.69) is 0 Å². The van der Waals surface area contributed by atoms with Crippen molar-refractivity contribution >= 4 is 5.78 Å². The highest BCUT2D eigenvalue weighted by atomic mass is 19.1. The van der Waals surface area contributed by atoms with Gasteiger partial charge in [0.05, 0.1) is 0 Å². The van der Waals surface area contributed by atoms with Gasteiger partial charge in [-0.15, -0.1) is 0 Å². The third-order valence-corrected chi connectivity index (χ3v) is 2.86. The molecule has 0 unspecified atom stereocenters. The molecule has 2 aromatic rings. The van der Waals surface area contributed by atoms with E-state index in [0.29, 0.717) is 22.3 Å². The lowest BCUT2D eigenvalue weighted by Gasteiger charge is -2.06. The maximum Gasteiger partial charge on any atom is 0.193 e. The van der Waals surface area contributed by atoms with Gasteiger partial charge >= 0.3 is 0 Å². The zero-order valence-electron chi connectivity index (χ0n) is 10.1. The fourth-order valence-corrected chi connectivity index (χ4v) is 1.78. The normalized spacial score (nSPS) is 10.4. The molecule has 0 radical (unpaired) electrons. The zero-order valence-corrected chi connectivity index (χ0v) is 10.1. The Bertz CT molecular complexity index is 618. The molecule has 0 bridgehead atoms. The summed E-state index contributed by atoms with van der Waals surface area (Å²) in [5.41, 5.74) is 1.77. The Morgan fingerprint density at radius 2 is 1.67 bits per heavy atom. The van der Waals surface area contributed by atoms with E-state index in [1.54, 1.807) is 19.9 Å². The molecular formula is C15H12F2O. The summed E-state index contributed by atoms with van der Waals surface area (Å²) in [5, 5.41) is 0.